The van der Waals surface area contributed by atoms with Crippen molar-refractivity contribution in [2.75, 3.05) is 13.7 Å². The summed E-state index contributed by atoms with van der Waals surface area (Å²) in [5.41, 5.74) is 0.953. The van der Waals surface area contributed by atoms with Gasteiger partial charge in [-0.2, -0.15) is 4.73 Å². The number of para-hydroxylation sites is 2. The van der Waals surface area contributed by atoms with Crippen molar-refractivity contribution in [3.63, 3.8) is 0 Å². The lowest BCUT2D eigenvalue weighted by Crippen LogP contribution is -2.38. The minimum Gasteiger partial charge on any atom is -0.415 e. The molecule has 8 nitrogen and oxygen atoms in total. The zero-order valence-corrected chi connectivity index (χ0v) is 15.0. The molecular weight excluding hydrogens is 334 g/mol. The van der Waals surface area contributed by atoms with Gasteiger partial charge in [-0.05, 0) is 18.1 Å². The molecule has 136 valence electrons. The molecule has 0 atom stereocenters. The molecule has 3 rings (SSSR count). The van der Waals surface area contributed by atoms with E-state index in [1.54, 1.807) is 16.7 Å². The Balaban J connectivity index is 1.98. The Kier molecular flexibility index (Phi) is 5.01. The van der Waals surface area contributed by atoms with Gasteiger partial charge in [0.2, 0.25) is 0 Å². The first kappa shape index (κ1) is 17.7. The molecule has 0 saturated carbocycles. The van der Waals surface area contributed by atoms with Gasteiger partial charge in [-0.1, -0.05) is 26.0 Å². The van der Waals surface area contributed by atoms with Gasteiger partial charge in [-0.3, -0.25) is 9.59 Å². The predicted molar refractivity (Wildman–Crippen MR) is 96.7 cm³/mol. The van der Waals surface area contributed by atoms with Crippen LogP contribution in [0, 0.1) is 5.92 Å². The quantitative estimate of drug-likeness (QED) is 0.723. The van der Waals surface area contributed by atoms with E-state index in [9.17, 15) is 9.59 Å². The van der Waals surface area contributed by atoms with Crippen LogP contribution in [0.4, 0.5) is 0 Å². The van der Waals surface area contributed by atoms with Crippen molar-refractivity contribution in [1.82, 2.24) is 24.6 Å². The minimum absolute atomic E-state index is 0.131. The summed E-state index contributed by atoms with van der Waals surface area (Å²) in [5, 5.41) is 0. The van der Waals surface area contributed by atoms with E-state index in [-0.39, 0.29) is 18.2 Å². The zero-order chi connectivity index (χ0) is 18.7. The summed E-state index contributed by atoms with van der Waals surface area (Å²) in [5.74, 6) is 0.354. The summed E-state index contributed by atoms with van der Waals surface area (Å²) in [6, 6.07) is 7.57. The fraction of sp³-hybridized carbons (Fsp3) is 0.333. The lowest BCUT2D eigenvalue weighted by Gasteiger charge is -2.23. The Hall–Kier alpha value is -3.16. The van der Waals surface area contributed by atoms with Crippen LogP contribution >= 0.6 is 0 Å². The molecule has 0 aliphatic heterocycles. The van der Waals surface area contributed by atoms with E-state index in [1.165, 1.54) is 12.4 Å². The fourth-order valence-electron chi connectivity index (χ4n) is 2.84. The number of nitrogens with one attached hydrogen (secondary N) is 1. The number of carbonyl (C=O) groups is 1. The van der Waals surface area contributed by atoms with Crippen molar-refractivity contribution >= 4 is 16.9 Å². The lowest BCUT2D eigenvalue weighted by atomic mass is 10.2. The number of benzene rings is 1. The first-order chi connectivity index (χ1) is 12.5. The molecule has 3 aromatic rings. The summed E-state index contributed by atoms with van der Waals surface area (Å²) >= 11 is 0. The SMILES string of the molecule is COn1c(CN(CC(C)C)C(=O)c2ncc[nH]c2=O)nc2ccccc21. The number of fused-ring (bicyclic) bond motifs is 1. The molecule has 0 bridgehead atoms. The van der Waals surface area contributed by atoms with Crippen molar-refractivity contribution < 1.29 is 9.63 Å². The highest BCUT2D eigenvalue weighted by Gasteiger charge is 2.24. The van der Waals surface area contributed by atoms with Crippen LogP contribution in [0.2, 0.25) is 0 Å². The third-order valence-electron chi connectivity index (χ3n) is 3.88. The second-order valence-corrected chi connectivity index (χ2v) is 6.34. The van der Waals surface area contributed by atoms with E-state index in [0.29, 0.717) is 12.4 Å². The summed E-state index contributed by atoms with van der Waals surface area (Å²) in [4.78, 5) is 42.8. The molecule has 0 fully saturated rings. The Morgan fingerprint density at radius 3 is 2.81 bits per heavy atom. The molecule has 0 unspecified atom stereocenters. The van der Waals surface area contributed by atoms with Crippen molar-refractivity contribution in [1.29, 1.82) is 0 Å². The number of rotatable bonds is 6. The van der Waals surface area contributed by atoms with Gasteiger partial charge in [-0.15, -0.1) is 0 Å². The molecule has 1 amide bonds. The summed E-state index contributed by atoms with van der Waals surface area (Å²) in [7, 11) is 1.55. The molecule has 2 heterocycles. The second kappa shape index (κ2) is 7.38. The number of hydrogen-bond donors (Lipinski definition) is 1. The van der Waals surface area contributed by atoms with Crippen LogP contribution in [-0.2, 0) is 6.54 Å². The molecule has 1 N–H and O–H groups in total. The van der Waals surface area contributed by atoms with Gasteiger partial charge < -0.3 is 14.7 Å². The number of aromatic amines is 1. The highest BCUT2D eigenvalue weighted by Crippen LogP contribution is 2.17. The van der Waals surface area contributed by atoms with Gasteiger partial charge in [0.25, 0.3) is 11.5 Å². The number of H-pyrrole nitrogens is 1. The first-order valence-electron chi connectivity index (χ1n) is 8.35. The molecule has 0 aliphatic carbocycles. The molecule has 0 saturated heterocycles. The van der Waals surface area contributed by atoms with Crippen LogP contribution in [-0.4, -0.2) is 44.1 Å². The third kappa shape index (κ3) is 3.44. The molecule has 2 aromatic heterocycles. The second-order valence-electron chi connectivity index (χ2n) is 6.34. The van der Waals surface area contributed by atoms with Gasteiger partial charge >= 0.3 is 0 Å². The highest BCUT2D eigenvalue weighted by atomic mass is 16.6. The maximum Gasteiger partial charge on any atom is 0.279 e. The van der Waals surface area contributed by atoms with Crippen molar-refractivity contribution in [3.05, 3.63) is 58.5 Å². The third-order valence-corrected chi connectivity index (χ3v) is 3.88. The predicted octanol–water partition coefficient (Wildman–Crippen LogP) is 1.48. The van der Waals surface area contributed by atoms with E-state index in [2.05, 4.69) is 15.0 Å². The Bertz CT molecular complexity index is 976. The summed E-state index contributed by atoms with van der Waals surface area (Å²) in [6.07, 6.45) is 2.79. The number of hydrogen-bond acceptors (Lipinski definition) is 5. The van der Waals surface area contributed by atoms with Crippen LogP contribution in [0.3, 0.4) is 0 Å². The average Bonchev–Trinajstić information content (AvgIpc) is 2.97. The van der Waals surface area contributed by atoms with Gasteiger partial charge in [0.1, 0.15) is 12.6 Å². The van der Waals surface area contributed by atoms with E-state index < -0.39 is 11.5 Å². The standard InChI is InChI=1S/C18H21N5O3/c1-12(2)10-22(18(25)16-17(24)20-9-8-19-16)11-15-21-13-6-4-5-7-14(13)23(15)26-3/h4-9,12H,10-11H2,1-3H3,(H,20,24). The van der Waals surface area contributed by atoms with Crippen molar-refractivity contribution in [3.8, 4) is 0 Å². The maximum atomic E-state index is 12.9. The van der Waals surface area contributed by atoms with Crippen molar-refractivity contribution in [2.24, 2.45) is 5.92 Å². The van der Waals surface area contributed by atoms with E-state index in [1.807, 2.05) is 38.1 Å². The number of nitrogens with zero attached hydrogens (tertiary/aromatic N) is 4. The van der Waals surface area contributed by atoms with Crippen LogP contribution in [0.25, 0.3) is 11.0 Å². The number of amides is 1. The smallest absolute Gasteiger partial charge is 0.279 e. The number of imidazole rings is 1. The first-order valence-corrected chi connectivity index (χ1v) is 8.35. The van der Waals surface area contributed by atoms with Crippen LogP contribution in [0.1, 0.15) is 30.2 Å². The monoisotopic (exact) mass is 355 g/mol. The molecule has 8 heteroatoms. The normalized spacial score (nSPS) is 11.1. The minimum atomic E-state index is -0.508. The highest BCUT2D eigenvalue weighted by molar-refractivity contribution is 5.91. The zero-order valence-electron chi connectivity index (χ0n) is 15.0. The van der Waals surface area contributed by atoms with Crippen molar-refractivity contribution in [2.45, 2.75) is 20.4 Å². The summed E-state index contributed by atoms with van der Waals surface area (Å²) in [6.45, 7) is 4.67. The molecule has 0 aliphatic rings. The Morgan fingerprint density at radius 1 is 1.35 bits per heavy atom. The van der Waals surface area contributed by atoms with Gasteiger partial charge in [-0.25, -0.2) is 9.97 Å². The van der Waals surface area contributed by atoms with Gasteiger partial charge in [0, 0.05) is 18.9 Å². The van der Waals surface area contributed by atoms with E-state index in [4.69, 9.17) is 4.84 Å². The number of aromatic nitrogens is 4. The average molecular weight is 355 g/mol. The van der Waals surface area contributed by atoms with Gasteiger partial charge in [0.15, 0.2) is 11.5 Å². The fourth-order valence-corrected chi connectivity index (χ4v) is 2.84. The molecule has 1 aromatic carbocycles. The van der Waals surface area contributed by atoms with E-state index >= 15 is 0 Å². The van der Waals surface area contributed by atoms with Gasteiger partial charge in [0.05, 0.1) is 12.1 Å². The number of carbonyl (C=O) groups excluding carboxylic acids is 1. The molecular formula is C18H21N5O3. The largest absolute Gasteiger partial charge is 0.415 e. The van der Waals surface area contributed by atoms with Crippen LogP contribution < -0.4 is 10.4 Å². The van der Waals surface area contributed by atoms with Crippen LogP contribution in [0.5, 0.6) is 0 Å². The van der Waals surface area contributed by atoms with Crippen LogP contribution in [0.15, 0.2) is 41.5 Å². The molecule has 0 spiro atoms. The topological polar surface area (TPSA) is 93.1 Å². The van der Waals surface area contributed by atoms with E-state index in [0.717, 1.165) is 11.0 Å². The summed E-state index contributed by atoms with van der Waals surface area (Å²) < 4.78 is 1.60. The maximum absolute atomic E-state index is 12.9. The molecule has 26 heavy (non-hydrogen) atoms. The lowest BCUT2D eigenvalue weighted by molar-refractivity contribution is 0.0690. The molecule has 0 radical (unpaired) electrons. The Labute approximate surface area is 150 Å². The Morgan fingerprint density at radius 2 is 2.12 bits per heavy atom.